The summed E-state index contributed by atoms with van der Waals surface area (Å²) in [6.07, 6.45) is 2.22. The summed E-state index contributed by atoms with van der Waals surface area (Å²) in [7, 11) is 0. The fraction of sp³-hybridized carbons (Fsp3) is 0.900. The van der Waals surface area contributed by atoms with E-state index in [0.717, 1.165) is 12.8 Å². The average molecular weight is 188 g/mol. The molecule has 0 aliphatic rings. The third-order valence-electron chi connectivity index (χ3n) is 1.68. The molecule has 0 spiro atoms. The number of carboxylic acids is 1. The summed E-state index contributed by atoms with van der Waals surface area (Å²) in [5.41, 5.74) is 0.343. The average Bonchev–Trinajstić information content (AvgIpc) is 1.93. The quantitative estimate of drug-likeness (QED) is 0.650. The molecule has 0 unspecified atom stereocenters. The number of hydrogen-bond donors (Lipinski definition) is 1. The van der Waals surface area contributed by atoms with Crippen LogP contribution in [0.25, 0.3) is 0 Å². The summed E-state index contributed by atoms with van der Waals surface area (Å²) >= 11 is 0. The molecule has 0 saturated carbocycles. The molecule has 78 valence electrons. The molecule has 1 N–H and O–H groups in total. The number of ether oxygens (including phenoxy) is 1. The van der Waals surface area contributed by atoms with Gasteiger partial charge in [0.2, 0.25) is 0 Å². The fourth-order valence-corrected chi connectivity index (χ4v) is 0.966. The van der Waals surface area contributed by atoms with Crippen LogP contribution in [-0.4, -0.2) is 24.3 Å². The van der Waals surface area contributed by atoms with Crippen LogP contribution in [0.2, 0.25) is 0 Å². The number of hydrogen-bond acceptors (Lipinski definition) is 2. The van der Waals surface area contributed by atoms with Crippen LogP contribution in [0.15, 0.2) is 0 Å². The highest BCUT2D eigenvalue weighted by Gasteiger charge is 2.08. The standard InChI is InChI=1S/C10H20O3/c1-10(2,3)6-4-7-13-8-5-9(11)12/h4-8H2,1-3H3,(H,11,12). The maximum atomic E-state index is 10.1. The van der Waals surface area contributed by atoms with Crippen molar-refractivity contribution in [3.05, 3.63) is 0 Å². The van der Waals surface area contributed by atoms with Gasteiger partial charge in [0.25, 0.3) is 0 Å². The zero-order chi connectivity index (χ0) is 10.3. The molecule has 13 heavy (non-hydrogen) atoms. The Hall–Kier alpha value is -0.570. The maximum absolute atomic E-state index is 10.1. The van der Waals surface area contributed by atoms with Crippen molar-refractivity contribution in [1.29, 1.82) is 0 Å². The molecule has 0 bridgehead atoms. The van der Waals surface area contributed by atoms with Crippen molar-refractivity contribution in [3.63, 3.8) is 0 Å². The monoisotopic (exact) mass is 188 g/mol. The second-order valence-electron chi connectivity index (χ2n) is 4.42. The van der Waals surface area contributed by atoms with Crippen molar-refractivity contribution in [1.82, 2.24) is 0 Å². The first-order valence-corrected chi connectivity index (χ1v) is 4.71. The Labute approximate surface area is 80.1 Å². The zero-order valence-electron chi connectivity index (χ0n) is 8.80. The number of rotatable bonds is 6. The summed E-state index contributed by atoms with van der Waals surface area (Å²) in [5, 5.41) is 8.32. The molecule has 0 atom stereocenters. The summed E-state index contributed by atoms with van der Waals surface area (Å²) < 4.78 is 5.16. The van der Waals surface area contributed by atoms with Crippen LogP contribution >= 0.6 is 0 Å². The minimum absolute atomic E-state index is 0.107. The molecule has 0 aromatic rings. The predicted molar refractivity (Wildman–Crippen MR) is 51.8 cm³/mol. The Morgan fingerprint density at radius 1 is 1.31 bits per heavy atom. The van der Waals surface area contributed by atoms with Gasteiger partial charge in [-0.15, -0.1) is 0 Å². The predicted octanol–water partition coefficient (Wildman–Crippen LogP) is 2.30. The first-order valence-electron chi connectivity index (χ1n) is 4.71. The van der Waals surface area contributed by atoms with Crippen LogP contribution in [0.3, 0.4) is 0 Å². The van der Waals surface area contributed by atoms with Gasteiger partial charge in [0.15, 0.2) is 0 Å². The van der Waals surface area contributed by atoms with Gasteiger partial charge >= 0.3 is 5.97 Å². The smallest absolute Gasteiger partial charge is 0.305 e. The lowest BCUT2D eigenvalue weighted by Gasteiger charge is -2.17. The van der Waals surface area contributed by atoms with Crippen molar-refractivity contribution in [2.75, 3.05) is 13.2 Å². The Morgan fingerprint density at radius 3 is 2.38 bits per heavy atom. The van der Waals surface area contributed by atoms with E-state index in [4.69, 9.17) is 9.84 Å². The molecule has 0 aromatic heterocycles. The van der Waals surface area contributed by atoms with Crippen molar-refractivity contribution in [3.8, 4) is 0 Å². The first-order chi connectivity index (χ1) is 5.92. The fourth-order valence-electron chi connectivity index (χ4n) is 0.966. The van der Waals surface area contributed by atoms with E-state index in [9.17, 15) is 4.79 Å². The van der Waals surface area contributed by atoms with Gasteiger partial charge in [-0.25, -0.2) is 0 Å². The lowest BCUT2D eigenvalue weighted by molar-refractivity contribution is -0.138. The molecule has 0 heterocycles. The SMILES string of the molecule is CC(C)(C)CCCOCCC(=O)O. The van der Waals surface area contributed by atoms with Gasteiger partial charge in [-0.1, -0.05) is 20.8 Å². The molecular formula is C10H20O3. The van der Waals surface area contributed by atoms with Crippen LogP contribution in [-0.2, 0) is 9.53 Å². The minimum Gasteiger partial charge on any atom is -0.481 e. The van der Waals surface area contributed by atoms with E-state index in [2.05, 4.69) is 20.8 Å². The third kappa shape index (κ3) is 11.4. The lowest BCUT2D eigenvalue weighted by atomic mass is 9.91. The van der Waals surface area contributed by atoms with E-state index in [-0.39, 0.29) is 6.42 Å². The number of carboxylic acid groups (broad SMARTS) is 1. The third-order valence-corrected chi connectivity index (χ3v) is 1.68. The van der Waals surface area contributed by atoms with Crippen LogP contribution in [0.4, 0.5) is 0 Å². The molecule has 3 heteroatoms. The van der Waals surface area contributed by atoms with Gasteiger partial charge in [-0.3, -0.25) is 4.79 Å². The largest absolute Gasteiger partial charge is 0.481 e. The Morgan fingerprint density at radius 2 is 1.92 bits per heavy atom. The summed E-state index contributed by atoms with van der Waals surface area (Å²) in [5.74, 6) is -0.796. The molecule has 3 nitrogen and oxygen atoms in total. The second-order valence-corrected chi connectivity index (χ2v) is 4.42. The van der Waals surface area contributed by atoms with Gasteiger partial charge in [0, 0.05) is 6.61 Å². The normalized spacial score (nSPS) is 11.6. The van der Waals surface area contributed by atoms with Crippen LogP contribution in [0.5, 0.6) is 0 Å². The van der Waals surface area contributed by atoms with Gasteiger partial charge in [-0.05, 0) is 18.3 Å². The molecule has 0 aromatic carbocycles. The van der Waals surface area contributed by atoms with Crippen molar-refractivity contribution in [2.45, 2.75) is 40.0 Å². The molecule has 0 rings (SSSR count). The highest BCUT2D eigenvalue weighted by molar-refractivity contribution is 5.66. The Kier molecular flexibility index (Phi) is 5.71. The molecule has 0 radical (unpaired) electrons. The number of carbonyl (C=O) groups is 1. The lowest BCUT2D eigenvalue weighted by Crippen LogP contribution is -2.08. The van der Waals surface area contributed by atoms with E-state index < -0.39 is 5.97 Å². The molecular weight excluding hydrogens is 168 g/mol. The molecule has 0 aliphatic carbocycles. The van der Waals surface area contributed by atoms with Gasteiger partial charge < -0.3 is 9.84 Å². The maximum Gasteiger partial charge on any atom is 0.305 e. The van der Waals surface area contributed by atoms with Crippen LogP contribution < -0.4 is 0 Å². The van der Waals surface area contributed by atoms with Crippen molar-refractivity contribution < 1.29 is 14.6 Å². The van der Waals surface area contributed by atoms with E-state index >= 15 is 0 Å². The highest BCUT2D eigenvalue weighted by atomic mass is 16.5. The Bertz CT molecular complexity index is 147. The van der Waals surface area contributed by atoms with Crippen LogP contribution in [0, 0.1) is 5.41 Å². The van der Waals surface area contributed by atoms with Crippen LogP contribution in [0.1, 0.15) is 40.0 Å². The topological polar surface area (TPSA) is 46.5 Å². The Balaban J connectivity index is 3.13. The van der Waals surface area contributed by atoms with Crippen molar-refractivity contribution in [2.24, 2.45) is 5.41 Å². The second kappa shape index (κ2) is 5.97. The molecule has 0 fully saturated rings. The molecule has 0 aliphatic heterocycles. The summed E-state index contributed by atoms with van der Waals surface area (Å²) in [6.45, 7) is 7.56. The van der Waals surface area contributed by atoms with E-state index in [1.807, 2.05) is 0 Å². The molecule has 0 amide bonds. The highest BCUT2D eigenvalue weighted by Crippen LogP contribution is 2.20. The zero-order valence-corrected chi connectivity index (χ0v) is 8.80. The number of aliphatic carboxylic acids is 1. The summed E-state index contributed by atoms with van der Waals surface area (Å²) in [6, 6.07) is 0. The van der Waals surface area contributed by atoms with Gasteiger partial charge in [0.05, 0.1) is 13.0 Å². The van der Waals surface area contributed by atoms with Gasteiger partial charge in [0.1, 0.15) is 0 Å². The first kappa shape index (κ1) is 12.4. The van der Waals surface area contributed by atoms with E-state index in [0.29, 0.717) is 18.6 Å². The van der Waals surface area contributed by atoms with E-state index in [1.54, 1.807) is 0 Å². The molecule has 0 saturated heterocycles. The van der Waals surface area contributed by atoms with Crippen molar-refractivity contribution >= 4 is 5.97 Å². The van der Waals surface area contributed by atoms with Gasteiger partial charge in [-0.2, -0.15) is 0 Å². The van der Waals surface area contributed by atoms with E-state index in [1.165, 1.54) is 0 Å². The summed E-state index contributed by atoms with van der Waals surface area (Å²) in [4.78, 5) is 10.1. The minimum atomic E-state index is -0.796.